The molecule has 10 nitrogen and oxygen atoms in total. The highest BCUT2D eigenvalue weighted by Crippen LogP contribution is 2.09. The number of hydrogen-bond acceptors (Lipinski definition) is 8. The van der Waals surface area contributed by atoms with E-state index in [1.54, 1.807) is 0 Å². The van der Waals surface area contributed by atoms with Crippen LogP contribution in [0.25, 0.3) is 0 Å². The molecule has 0 unspecified atom stereocenters. The van der Waals surface area contributed by atoms with Gasteiger partial charge in [-0.2, -0.15) is 0 Å². The molecule has 0 atom stereocenters. The van der Waals surface area contributed by atoms with Gasteiger partial charge in [0.15, 0.2) is 14.1 Å². The van der Waals surface area contributed by atoms with Gasteiger partial charge >= 0.3 is 0 Å². The number of nitrogens with zero attached hydrogens (tertiary/aromatic N) is 2. The van der Waals surface area contributed by atoms with Crippen molar-refractivity contribution in [3.63, 3.8) is 0 Å². The lowest BCUT2D eigenvalue weighted by Gasteiger charge is -2.07. The Labute approximate surface area is 213 Å². The molecule has 2 rings (SSSR count). The molecule has 36 heavy (non-hydrogen) atoms. The predicted molar refractivity (Wildman–Crippen MR) is 139 cm³/mol. The van der Waals surface area contributed by atoms with Crippen LogP contribution in [0, 0.1) is 20.2 Å². The van der Waals surface area contributed by atoms with Crippen LogP contribution in [-0.4, -0.2) is 63.6 Å². The third kappa shape index (κ3) is 27.0. The highest BCUT2D eigenvalue weighted by molar-refractivity contribution is 5.21. The lowest BCUT2D eigenvalue weighted by atomic mass is 10.3. The van der Waals surface area contributed by atoms with Gasteiger partial charge in [-0.15, -0.1) is 0 Å². The second kappa shape index (κ2) is 24.9. The van der Waals surface area contributed by atoms with Crippen LogP contribution in [0.5, 0.6) is 11.5 Å². The van der Waals surface area contributed by atoms with Crippen LogP contribution in [0.15, 0.2) is 60.7 Å². The highest BCUT2D eigenvalue weighted by Gasteiger charge is 1.96. The van der Waals surface area contributed by atoms with Crippen molar-refractivity contribution < 1.29 is 28.8 Å². The van der Waals surface area contributed by atoms with E-state index in [0.717, 1.165) is 104 Å². The smallest absolute Gasteiger partial charge is 0.194 e. The molecule has 202 valence electrons. The van der Waals surface area contributed by atoms with E-state index in [-0.39, 0.29) is 0 Å². The van der Waals surface area contributed by atoms with Crippen LogP contribution >= 0.6 is 0 Å². The number of nitro groups is 2. The quantitative estimate of drug-likeness (QED) is 0.160. The predicted octanol–water partition coefficient (Wildman–Crippen LogP) is 5.30. The van der Waals surface area contributed by atoms with Crippen molar-refractivity contribution in [3.8, 4) is 11.5 Å². The van der Waals surface area contributed by atoms with Crippen LogP contribution in [0.1, 0.15) is 38.5 Å². The van der Waals surface area contributed by atoms with Gasteiger partial charge in [0, 0.05) is 36.3 Å². The molecular formula is C26H40N2O8. The van der Waals surface area contributed by atoms with Gasteiger partial charge in [-0.25, -0.2) is 0 Å². The zero-order chi connectivity index (χ0) is 26.7. The van der Waals surface area contributed by atoms with Gasteiger partial charge in [0.25, 0.3) is 0 Å². The molecule has 2 aromatic rings. The molecule has 0 saturated carbocycles. The van der Waals surface area contributed by atoms with Crippen LogP contribution in [0.3, 0.4) is 0 Å². The number of hydrogen-bond donors (Lipinski definition) is 0. The van der Waals surface area contributed by atoms with E-state index in [1.165, 1.54) is 0 Å². The van der Waals surface area contributed by atoms with Crippen LogP contribution in [-0.2, 0) is 9.47 Å². The number of rotatable bonds is 17. The van der Waals surface area contributed by atoms with Gasteiger partial charge in [0.1, 0.15) is 11.5 Å². The first-order chi connectivity index (χ1) is 17.4. The van der Waals surface area contributed by atoms with E-state index in [2.05, 4.69) is 0 Å². The van der Waals surface area contributed by atoms with Crippen molar-refractivity contribution in [2.75, 3.05) is 53.7 Å². The summed E-state index contributed by atoms with van der Waals surface area (Å²) in [6.45, 7) is 4.73. The molecule has 0 aromatic heterocycles. The molecule has 0 radical (unpaired) electrons. The minimum atomic E-state index is -0.500. The van der Waals surface area contributed by atoms with Gasteiger partial charge < -0.3 is 18.9 Å². The normalized spacial score (nSPS) is 9.72. The number of ether oxygens (including phenoxy) is 4. The largest absolute Gasteiger partial charge is 0.494 e. The molecule has 10 heteroatoms. The first kappa shape index (κ1) is 32.8. The van der Waals surface area contributed by atoms with Gasteiger partial charge in [-0.05, 0) is 62.8 Å². The van der Waals surface area contributed by atoms with Gasteiger partial charge in [-0.3, -0.25) is 20.2 Å². The molecular weight excluding hydrogens is 468 g/mol. The molecule has 0 spiro atoms. The molecule has 0 bridgehead atoms. The summed E-state index contributed by atoms with van der Waals surface area (Å²) in [5.41, 5.74) is 0. The van der Waals surface area contributed by atoms with E-state index in [1.807, 2.05) is 60.7 Å². The van der Waals surface area contributed by atoms with E-state index >= 15 is 0 Å². The number of para-hydroxylation sites is 2. The van der Waals surface area contributed by atoms with Gasteiger partial charge in [-0.1, -0.05) is 36.4 Å². The average molecular weight is 509 g/mol. The summed E-state index contributed by atoms with van der Waals surface area (Å²) in [7, 11) is 1.78. The van der Waals surface area contributed by atoms with Gasteiger partial charge in [0.2, 0.25) is 0 Å². The minimum absolute atomic E-state index is 0.500. The summed E-state index contributed by atoms with van der Waals surface area (Å²) in [6, 6.07) is 19.9. The number of unbranched alkanes of at least 4 members (excludes halogenated alkanes) is 3. The maximum absolute atomic E-state index is 8.81. The van der Waals surface area contributed by atoms with E-state index in [4.69, 9.17) is 39.2 Å². The Balaban J connectivity index is 0.00000133. The summed E-state index contributed by atoms with van der Waals surface area (Å²) >= 11 is 0. The maximum Gasteiger partial charge on any atom is 0.194 e. The zero-order valence-electron chi connectivity index (χ0n) is 21.4. The van der Waals surface area contributed by atoms with E-state index in [9.17, 15) is 0 Å². The zero-order valence-corrected chi connectivity index (χ0v) is 21.4. The fraction of sp³-hybridized carbons (Fsp3) is 0.538. The fourth-order valence-electron chi connectivity index (χ4n) is 2.64. The molecule has 0 heterocycles. The first-order valence-electron chi connectivity index (χ1n) is 12.1. The Hall–Kier alpha value is -3.24. The van der Waals surface area contributed by atoms with Crippen molar-refractivity contribution in [2.24, 2.45) is 0 Å². The third-order valence-electron chi connectivity index (χ3n) is 4.22. The van der Waals surface area contributed by atoms with E-state index in [0.29, 0.717) is 0 Å². The fourth-order valence-corrected chi connectivity index (χ4v) is 2.64. The standard InChI is InChI=1S/C24H34O4.2CH3NO2/c1-3-13-23(14-4-1)27-21-11-9-19-25-17-7-8-18-26-20-10-12-22-28-24-15-5-2-6-16-24;2*1-2(3)4/h1-6,13-16H,7-12,17-22H2;2*1H3. The topological polar surface area (TPSA) is 123 Å². The number of benzene rings is 2. The molecule has 0 aliphatic carbocycles. The summed E-state index contributed by atoms with van der Waals surface area (Å²) in [6.07, 6.45) is 6.22. The molecule has 0 aliphatic heterocycles. The Morgan fingerprint density at radius 2 is 0.778 bits per heavy atom. The Bertz CT molecular complexity index is 690. The molecule has 0 aliphatic rings. The highest BCUT2D eigenvalue weighted by atomic mass is 16.6. The van der Waals surface area contributed by atoms with Crippen LogP contribution in [0.2, 0.25) is 0 Å². The summed E-state index contributed by atoms with van der Waals surface area (Å²) in [4.78, 5) is 16.6. The molecule has 0 amide bonds. The van der Waals surface area contributed by atoms with Crippen molar-refractivity contribution in [2.45, 2.75) is 38.5 Å². The molecule has 2 aromatic carbocycles. The minimum Gasteiger partial charge on any atom is -0.494 e. The molecule has 0 saturated heterocycles. The van der Waals surface area contributed by atoms with Crippen molar-refractivity contribution >= 4 is 0 Å². The van der Waals surface area contributed by atoms with Crippen molar-refractivity contribution in [1.82, 2.24) is 0 Å². The SMILES string of the molecule is C[N+](=O)[O-].C[N+](=O)[O-].c1ccc(OCCCCOCCCCOCCCCOc2ccccc2)cc1. The summed E-state index contributed by atoms with van der Waals surface area (Å²) in [5.74, 6) is 1.87. The lowest BCUT2D eigenvalue weighted by Crippen LogP contribution is -2.04. The first-order valence-corrected chi connectivity index (χ1v) is 12.1. The third-order valence-corrected chi connectivity index (χ3v) is 4.22. The summed E-state index contributed by atoms with van der Waals surface area (Å²) < 4.78 is 22.6. The second-order valence-corrected chi connectivity index (χ2v) is 7.55. The second-order valence-electron chi connectivity index (χ2n) is 7.55. The maximum atomic E-state index is 8.81. The van der Waals surface area contributed by atoms with Crippen molar-refractivity contribution in [3.05, 3.63) is 80.9 Å². The monoisotopic (exact) mass is 508 g/mol. The Kier molecular flexibility index (Phi) is 22.6. The van der Waals surface area contributed by atoms with E-state index < -0.39 is 9.85 Å². The molecule has 0 fully saturated rings. The van der Waals surface area contributed by atoms with Gasteiger partial charge in [0.05, 0.1) is 13.2 Å². The molecule has 0 N–H and O–H groups in total. The Morgan fingerprint density at radius 3 is 1.06 bits per heavy atom. The Morgan fingerprint density at radius 1 is 0.528 bits per heavy atom. The van der Waals surface area contributed by atoms with Crippen LogP contribution < -0.4 is 9.47 Å². The van der Waals surface area contributed by atoms with Crippen LogP contribution in [0.4, 0.5) is 0 Å². The average Bonchev–Trinajstić information content (AvgIpc) is 2.84. The summed E-state index contributed by atoms with van der Waals surface area (Å²) in [5, 5.41) is 17.6. The van der Waals surface area contributed by atoms with Crippen molar-refractivity contribution in [1.29, 1.82) is 0 Å². The lowest BCUT2D eigenvalue weighted by molar-refractivity contribution is -0.445.